The summed E-state index contributed by atoms with van der Waals surface area (Å²) in [5.41, 5.74) is 0. The first kappa shape index (κ1) is 24.8. The lowest BCUT2D eigenvalue weighted by Gasteiger charge is -2.25. The molecule has 0 aromatic heterocycles. The van der Waals surface area contributed by atoms with E-state index in [9.17, 15) is 9.59 Å². The Labute approximate surface area is 156 Å². The van der Waals surface area contributed by atoms with Crippen LogP contribution >= 0.6 is 0 Å². The number of carbonyl (C=O) groups is 2. The van der Waals surface area contributed by atoms with Gasteiger partial charge in [-0.1, -0.05) is 25.7 Å². The van der Waals surface area contributed by atoms with E-state index in [2.05, 4.69) is 0 Å². The molecule has 0 fully saturated rings. The van der Waals surface area contributed by atoms with Gasteiger partial charge in [0.1, 0.15) is 0 Å². The van der Waals surface area contributed by atoms with Gasteiger partial charge in [0.05, 0.1) is 0 Å². The van der Waals surface area contributed by atoms with Crippen molar-refractivity contribution in [2.75, 3.05) is 28.4 Å². The van der Waals surface area contributed by atoms with Crippen molar-refractivity contribution in [3.63, 3.8) is 0 Å². The quantitative estimate of drug-likeness (QED) is 0.244. The number of unbranched alkanes of at least 4 members (excludes halogenated alkanes) is 5. The number of hydrogen-bond donors (Lipinski definition) is 0. The van der Waals surface area contributed by atoms with Gasteiger partial charge in [0.15, 0.2) is 0 Å². The molecule has 0 amide bonds. The Kier molecular flexibility index (Phi) is 12.4. The van der Waals surface area contributed by atoms with Gasteiger partial charge in [-0.3, -0.25) is 9.59 Å². The minimum Gasteiger partial charge on any atom is -0.408 e. The van der Waals surface area contributed by atoms with Crippen LogP contribution in [0.2, 0.25) is 0 Å². The summed E-state index contributed by atoms with van der Waals surface area (Å²) in [6.45, 7) is 3.08. The molecule has 0 spiro atoms. The van der Waals surface area contributed by atoms with Gasteiger partial charge in [-0.2, -0.15) is 0 Å². The summed E-state index contributed by atoms with van der Waals surface area (Å²) in [5.74, 6) is -3.35. The second-order valence-electron chi connectivity index (χ2n) is 6.11. The molecule has 0 saturated heterocycles. The molecule has 8 nitrogen and oxygen atoms in total. The lowest BCUT2D eigenvalue weighted by molar-refractivity contribution is -0.333. The first-order valence-electron chi connectivity index (χ1n) is 8.88. The van der Waals surface area contributed by atoms with Gasteiger partial charge >= 0.3 is 23.9 Å². The predicted octanol–water partition coefficient (Wildman–Crippen LogP) is 3.13. The zero-order valence-electron chi connectivity index (χ0n) is 16.9. The Balaban J connectivity index is 3.68. The molecule has 0 rings (SSSR count). The molecule has 0 unspecified atom stereocenters. The molecule has 0 radical (unpaired) electrons. The van der Waals surface area contributed by atoms with E-state index in [4.69, 9.17) is 28.4 Å². The fraction of sp³-hybridized carbons (Fsp3) is 0.889. The summed E-state index contributed by atoms with van der Waals surface area (Å²) in [5, 5.41) is 0. The Morgan fingerprint density at radius 3 is 1.12 bits per heavy atom. The molecule has 0 heterocycles. The average Bonchev–Trinajstić information content (AvgIpc) is 2.63. The fourth-order valence-corrected chi connectivity index (χ4v) is 2.09. The minimum atomic E-state index is -1.33. The van der Waals surface area contributed by atoms with Crippen LogP contribution in [0.3, 0.4) is 0 Å². The van der Waals surface area contributed by atoms with E-state index in [-0.39, 0.29) is 11.9 Å². The van der Waals surface area contributed by atoms with Crippen LogP contribution in [0.1, 0.15) is 65.2 Å². The minimum absolute atomic E-state index is 0.321. The highest BCUT2D eigenvalue weighted by molar-refractivity contribution is 5.69. The standard InChI is InChI=1S/C18H34O8/c1-17(21-3,22-4)25-15(19)13-11-9-7-8-10-12-14-16(20)26-18(2,23-5)24-6/h7-14H2,1-6H3. The SMILES string of the molecule is COC(C)(OC)OC(=O)CCCCCCCCC(=O)OC(C)(OC)OC. The van der Waals surface area contributed by atoms with Gasteiger partial charge in [0, 0.05) is 55.1 Å². The maximum absolute atomic E-state index is 11.7. The van der Waals surface area contributed by atoms with Crippen molar-refractivity contribution in [1.82, 2.24) is 0 Å². The molecule has 0 bridgehead atoms. The molecular weight excluding hydrogens is 344 g/mol. The van der Waals surface area contributed by atoms with E-state index in [1.165, 1.54) is 42.3 Å². The lowest BCUT2D eigenvalue weighted by Crippen LogP contribution is -2.35. The molecule has 0 aliphatic rings. The van der Waals surface area contributed by atoms with Crippen molar-refractivity contribution in [3.05, 3.63) is 0 Å². The zero-order chi connectivity index (χ0) is 20.1. The highest BCUT2D eigenvalue weighted by atomic mass is 16.9. The van der Waals surface area contributed by atoms with Crippen LogP contribution in [0.5, 0.6) is 0 Å². The van der Waals surface area contributed by atoms with Crippen molar-refractivity contribution in [3.8, 4) is 0 Å². The van der Waals surface area contributed by atoms with Crippen molar-refractivity contribution in [1.29, 1.82) is 0 Å². The smallest absolute Gasteiger partial charge is 0.325 e. The number of ether oxygens (including phenoxy) is 6. The van der Waals surface area contributed by atoms with Crippen molar-refractivity contribution >= 4 is 11.9 Å². The summed E-state index contributed by atoms with van der Waals surface area (Å²) >= 11 is 0. The molecule has 154 valence electrons. The largest absolute Gasteiger partial charge is 0.408 e. The number of rotatable bonds is 15. The highest BCUT2D eigenvalue weighted by Gasteiger charge is 2.28. The molecule has 0 aliphatic heterocycles. The van der Waals surface area contributed by atoms with Gasteiger partial charge in [-0.25, -0.2) is 0 Å². The lowest BCUT2D eigenvalue weighted by atomic mass is 10.1. The molecule has 0 aromatic carbocycles. The van der Waals surface area contributed by atoms with Gasteiger partial charge in [0.2, 0.25) is 0 Å². The third-order valence-electron chi connectivity index (χ3n) is 4.09. The zero-order valence-corrected chi connectivity index (χ0v) is 16.9. The second-order valence-corrected chi connectivity index (χ2v) is 6.11. The monoisotopic (exact) mass is 378 g/mol. The number of hydrogen-bond acceptors (Lipinski definition) is 8. The number of esters is 2. The van der Waals surface area contributed by atoms with Gasteiger partial charge < -0.3 is 28.4 Å². The van der Waals surface area contributed by atoms with E-state index >= 15 is 0 Å². The maximum Gasteiger partial charge on any atom is 0.325 e. The van der Waals surface area contributed by atoms with E-state index in [0.29, 0.717) is 12.8 Å². The summed E-state index contributed by atoms with van der Waals surface area (Å²) in [6.07, 6.45) is 5.94. The summed E-state index contributed by atoms with van der Waals surface area (Å²) in [4.78, 5) is 23.4. The normalized spacial score (nSPS) is 12.1. The summed E-state index contributed by atoms with van der Waals surface area (Å²) in [7, 11) is 5.66. The molecule has 0 saturated carbocycles. The number of methoxy groups -OCH3 is 4. The third-order valence-corrected chi connectivity index (χ3v) is 4.09. The van der Waals surface area contributed by atoms with Crippen LogP contribution in [0.4, 0.5) is 0 Å². The molecule has 0 N–H and O–H groups in total. The fourth-order valence-electron chi connectivity index (χ4n) is 2.09. The maximum atomic E-state index is 11.7. The average molecular weight is 378 g/mol. The van der Waals surface area contributed by atoms with Crippen LogP contribution in [0.15, 0.2) is 0 Å². The van der Waals surface area contributed by atoms with Gasteiger partial charge in [-0.15, -0.1) is 0 Å². The Hall–Kier alpha value is -1.22. The van der Waals surface area contributed by atoms with Crippen LogP contribution < -0.4 is 0 Å². The van der Waals surface area contributed by atoms with E-state index in [1.54, 1.807) is 0 Å². The predicted molar refractivity (Wildman–Crippen MR) is 94.0 cm³/mol. The first-order valence-corrected chi connectivity index (χ1v) is 8.88. The van der Waals surface area contributed by atoms with E-state index < -0.39 is 11.9 Å². The molecular formula is C18H34O8. The molecule has 0 aliphatic carbocycles. The van der Waals surface area contributed by atoms with Crippen LogP contribution in [0, 0.1) is 0 Å². The highest BCUT2D eigenvalue weighted by Crippen LogP contribution is 2.16. The Morgan fingerprint density at radius 2 is 0.846 bits per heavy atom. The van der Waals surface area contributed by atoms with Gasteiger partial charge in [-0.05, 0) is 12.8 Å². The van der Waals surface area contributed by atoms with Crippen molar-refractivity contribution in [2.24, 2.45) is 0 Å². The first-order chi connectivity index (χ1) is 12.2. The molecule has 26 heavy (non-hydrogen) atoms. The topological polar surface area (TPSA) is 89.5 Å². The Bertz CT molecular complexity index is 364. The van der Waals surface area contributed by atoms with Crippen LogP contribution in [-0.4, -0.2) is 52.3 Å². The molecule has 0 aromatic rings. The van der Waals surface area contributed by atoms with Crippen LogP contribution in [-0.2, 0) is 38.0 Å². The van der Waals surface area contributed by atoms with Crippen molar-refractivity contribution < 1.29 is 38.0 Å². The summed E-state index contributed by atoms with van der Waals surface area (Å²) in [6, 6.07) is 0. The summed E-state index contributed by atoms with van der Waals surface area (Å²) < 4.78 is 30.1. The van der Waals surface area contributed by atoms with Crippen LogP contribution in [0.25, 0.3) is 0 Å². The molecule has 8 heteroatoms. The molecule has 0 atom stereocenters. The third kappa shape index (κ3) is 10.7. The number of carbonyl (C=O) groups excluding carboxylic acids is 2. The van der Waals surface area contributed by atoms with Crippen molar-refractivity contribution in [2.45, 2.75) is 77.2 Å². The second kappa shape index (κ2) is 13.0. The van der Waals surface area contributed by atoms with E-state index in [0.717, 1.165) is 38.5 Å². The van der Waals surface area contributed by atoms with Gasteiger partial charge in [0.25, 0.3) is 0 Å². The Morgan fingerprint density at radius 1 is 0.577 bits per heavy atom. The van der Waals surface area contributed by atoms with E-state index in [1.807, 2.05) is 0 Å².